The average molecular weight is 269 g/mol. The van der Waals surface area contributed by atoms with Crippen LogP contribution in [0.15, 0.2) is 18.2 Å². The van der Waals surface area contributed by atoms with Crippen LogP contribution in [0, 0.1) is 0 Å². The molecule has 2 heterocycles. The molecule has 0 aliphatic carbocycles. The fourth-order valence-electron chi connectivity index (χ4n) is 2.52. The quantitative estimate of drug-likeness (QED) is 0.793. The molecule has 102 valence electrons. The number of benzene rings is 1. The van der Waals surface area contributed by atoms with E-state index in [9.17, 15) is 13.2 Å². The highest BCUT2D eigenvalue weighted by molar-refractivity contribution is 5.77. The second-order valence-corrected chi connectivity index (χ2v) is 4.75. The standard InChI is InChI=1S/C13H14F3N3/c1-2-18-5-6-19-11-4-3-9(13(14,15)16)7-10(11)17-12(19)8-18/h3-4,7H,2,5-6,8H2,1H3. The average Bonchev–Trinajstić information content (AvgIpc) is 2.73. The normalized spacial score (nSPS) is 16.8. The molecule has 0 fully saturated rings. The van der Waals surface area contributed by atoms with Gasteiger partial charge in [0.05, 0.1) is 23.1 Å². The molecule has 0 saturated carbocycles. The third-order valence-electron chi connectivity index (χ3n) is 3.61. The van der Waals surface area contributed by atoms with E-state index in [0.717, 1.165) is 43.1 Å². The van der Waals surface area contributed by atoms with Crippen molar-refractivity contribution in [2.75, 3.05) is 13.1 Å². The fourth-order valence-corrected chi connectivity index (χ4v) is 2.52. The lowest BCUT2D eigenvalue weighted by molar-refractivity contribution is -0.137. The molecule has 0 radical (unpaired) electrons. The zero-order chi connectivity index (χ0) is 13.6. The molecule has 0 atom stereocenters. The van der Waals surface area contributed by atoms with Crippen molar-refractivity contribution in [2.24, 2.45) is 0 Å². The van der Waals surface area contributed by atoms with E-state index in [1.807, 2.05) is 4.57 Å². The van der Waals surface area contributed by atoms with Gasteiger partial charge in [0.15, 0.2) is 0 Å². The maximum absolute atomic E-state index is 12.7. The molecular weight excluding hydrogens is 255 g/mol. The van der Waals surface area contributed by atoms with Crippen LogP contribution in [0.1, 0.15) is 18.3 Å². The number of hydrogen-bond donors (Lipinski definition) is 0. The summed E-state index contributed by atoms with van der Waals surface area (Å²) in [5, 5.41) is 0. The molecule has 0 saturated heterocycles. The second-order valence-electron chi connectivity index (χ2n) is 4.75. The van der Waals surface area contributed by atoms with Crippen LogP contribution in [0.2, 0.25) is 0 Å². The maximum Gasteiger partial charge on any atom is 0.416 e. The Balaban J connectivity index is 2.08. The summed E-state index contributed by atoms with van der Waals surface area (Å²) in [4.78, 5) is 6.57. The van der Waals surface area contributed by atoms with Crippen LogP contribution in [-0.2, 0) is 19.3 Å². The Morgan fingerprint density at radius 1 is 1.26 bits per heavy atom. The van der Waals surface area contributed by atoms with Gasteiger partial charge in [0.25, 0.3) is 0 Å². The highest BCUT2D eigenvalue weighted by Crippen LogP contribution is 2.32. The van der Waals surface area contributed by atoms with Gasteiger partial charge in [0, 0.05) is 13.1 Å². The number of nitrogens with zero attached hydrogens (tertiary/aromatic N) is 3. The van der Waals surface area contributed by atoms with Gasteiger partial charge in [-0.1, -0.05) is 6.92 Å². The van der Waals surface area contributed by atoms with E-state index in [2.05, 4.69) is 16.8 Å². The summed E-state index contributed by atoms with van der Waals surface area (Å²) in [5.74, 6) is 0.849. The highest BCUT2D eigenvalue weighted by atomic mass is 19.4. The van der Waals surface area contributed by atoms with Crippen molar-refractivity contribution in [1.29, 1.82) is 0 Å². The van der Waals surface area contributed by atoms with Crippen LogP contribution >= 0.6 is 0 Å². The molecule has 1 aromatic heterocycles. The molecule has 1 aromatic carbocycles. The first-order valence-electron chi connectivity index (χ1n) is 6.27. The van der Waals surface area contributed by atoms with Gasteiger partial charge < -0.3 is 4.57 Å². The summed E-state index contributed by atoms with van der Waals surface area (Å²) in [6.45, 7) is 5.39. The van der Waals surface area contributed by atoms with Crippen LogP contribution in [0.25, 0.3) is 11.0 Å². The number of aromatic nitrogens is 2. The van der Waals surface area contributed by atoms with Crippen LogP contribution in [0.4, 0.5) is 13.2 Å². The molecule has 0 N–H and O–H groups in total. The third kappa shape index (κ3) is 2.10. The van der Waals surface area contributed by atoms with Gasteiger partial charge in [-0.2, -0.15) is 13.2 Å². The van der Waals surface area contributed by atoms with Gasteiger partial charge in [0.1, 0.15) is 5.82 Å². The first-order chi connectivity index (χ1) is 8.99. The second kappa shape index (κ2) is 4.23. The van der Waals surface area contributed by atoms with Crippen molar-refractivity contribution in [3.8, 4) is 0 Å². The van der Waals surface area contributed by atoms with Crippen molar-refractivity contribution in [1.82, 2.24) is 14.5 Å². The first kappa shape index (κ1) is 12.5. The summed E-state index contributed by atoms with van der Waals surface area (Å²) >= 11 is 0. The Hall–Kier alpha value is -1.56. The van der Waals surface area contributed by atoms with E-state index >= 15 is 0 Å². The minimum absolute atomic E-state index is 0.433. The number of imidazole rings is 1. The lowest BCUT2D eigenvalue weighted by atomic mass is 10.2. The lowest BCUT2D eigenvalue weighted by Crippen LogP contribution is -2.33. The summed E-state index contributed by atoms with van der Waals surface area (Å²) in [7, 11) is 0. The Morgan fingerprint density at radius 3 is 2.74 bits per heavy atom. The topological polar surface area (TPSA) is 21.1 Å². The van der Waals surface area contributed by atoms with Gasteiger partial charge in [-0.15, -0.1) is 0 Å². The predicted octanol–water partition coefficient (Wildman–Crippen LogP) is 2.89. The molecule has 0 spiro atoms. The smallest absolute Gasteiger partial charge is 0.326 e. The van der Waals surface area contributed by atoms with Gasteiger partial charge in [-0.05, 0) is 24.7 Å². The van der Waals surface area contributed by atoms with Crippen molar-refractivity contribution in [3.63, 3.8) is 0 Å². The molecule has 6 heteroatoms. The van der Waals surface area contributed by atoms with E-state index in [1.165, 1.54) is 6.07 Å². The number of alkyl halides is 3. The number of fused-ring (bicyclic) bond motifs is 3. The highest BCUT2D eigenvalue weighted by Gasteiger charge is 2.31. The predicted molar refractivity (Wildman–Crippen MR) is 65.7 cm³/mol. The molecule has 0 unspecified atom stereocenters. The monoisotopic (exact) mass is 269 g/mol. The molecule has 19 heavy (non-hydrogen) atoms. The fraction of sp³-hybridized carbons (Fsp3) is 0.462. The number of hydrogen-bond acceptors (Lipinski definition) is 2. The molecule has 1 aliphatic rings. The van der Waals surface area contributed by atoms with E-state index in [-0.39, 0.29) is 0 Å². The van der Waals surface area contributed by atoms with Crippen LogP contribution < -0.4 is 0 Å². The lowest BCUT2D eigenvalue weighted by Gasteiger charge is -2.26. The van der Waals surface area contributed by atoms with Crippen molar-refractivity contribution < 1.29 is 13.2 Å². The Kier molecular flexibility index (Phi) is 2.78. The molecule has 3 nitrogen and oxygen atoms in total. The van der Waals surface area contributed by atoms with E-state index in [4.69, 9.17) is 0 Å². The third-order valence-corrected chi connectivity index (χ3v) is 3.61. The minimum Gasteiger partial charge on any atom is -0.326 e. The van der Waals surface area contributed by atoms with Crippen LogP contribution in [-0.4, -0.2) is 27.5 Å². The number of halogens is 3. The Labute approximate surface area is 108 Å². The maximum atomic E-state index is 12.7. The Bertz CT molecular complexity index is 615. The summed E-state index contributed by atoms with van der Waals surface area (Å²) in [5.41, 5.74) is 0.587. The zero-order valence-electron chi connectivity index (χ0n) is 10.5. The number of rotatable bonds is 1. The summed E-state index contributed by atoms with van der Waals surface area (Å²) < 4.78 is 40.0. The molecule has 1 aliphatic heterocycles. The van der Waals surface area contributed by atoms with Gasteiger partial charge in [-0.25, -0.2) is 4.98 Å². The largest absolute Gasteiger partial charge is 0.416 e. The summed E-state index contributed by atoms with van der Waals surface area (Å²) in [6, 6.07) is 3.79. The van der Waals surface area contributed by atoms with E-state index < -0.39 is 11.7 Å². The number of likely N-dealkylation sites (N-methyl/N-ethyl adjacent to an activating group) is 1. The molecule has 0 amide bonds. The van der Waals surface area contributed by atoms with Crippen molar-refractivity contribution >= 4 is 11.0 Å². The molecule has 3 rings (SSSR count). The van der Waals surface area contributed by atoms with Gasteiger partial charge in [-0.3, -0.25) is 4.90 Å². The summed E-state index contributed by atoms with van der Waals surface area (Å²) in [6.07, 6.45) is -4.31. The van der Waals surface area contributed by atoms with Gasteiger partial charge >= 0.3 is 6.18 Å². The van der Waals surface area contributed by atoms with Crippen molar-refractivity contribution in [2.45, 2.75) is 26.2 Å². The van der Waals surface area contributed by atoms with E-state index in [1.54, 1.807) is 0 Å². The SMILES string of the molecule is CCN1CCn2c(nc3cc(C(F)(F)F)ccc32)C1. The molecule has 0 bridgehead atoms. The zero-order valence-corrected chi connectivity index (χ0v) is 10.5. The van der Waals surface area contributed by atoms with Crippen LogP contribution in [0.3, 0.4) is 0 Å². The molecular formula is C13H14F3N3. The Morgan fingerprint density at radius 2 is 2.05 bits per heavy atom. The van der Waals surface area contributed by atoms with Crippen molar-refractivity contribution in [3.05, 3.63) is 29.6 Å². The first-order valence-corrected chi connectivity index (χ1v) is 6.27. The van der Waals surface area contributed by atoms with Gasteiger partial charge in [0.2, 0.25) is 0 Å². The van der Waals surface area contributed by atoms with Crippen LogP contribution in [0.5, 0.6) is 0 Å². The van der Waals surface area contributed by atoms with E-state index in [0.29, 0.717) is 12.1 Å². The molecule has 2 aromatic rings. The minimum atomic E-state index is -4.31.